The van der Waals surface area contributed by atoms with Crippen molar-refractivity contribution in [3.05, 3.63) is 113 Å². The SMILES string of the molecule is CCOC(=O)C1=C(C(=O)O)CN(c2ccccc2)C(c2ccccc2)N1Cc1ccccc1. The Bertz CT molecular complexity index is 1130. The molecule has 1 unspecified atom stereocenters. The Morgan fingerprint density at radius 3 is 2.06 bits per heavy atom. The molecule has 168 valence electrons. The number of nitrogens with zero attached hydrogens (tertiary/aromatic N) is 2. The number of hydrogen-bond donors (Lipinski definition) is 1. The van der Waals surface area contributed by atoms with Crippen LogP contribution < -0.4 is 4.90 Å². The molecular formula is C27H26N2O4. The van der Waals surface area contributed by atoms with Crippen molar-refractivity contribution >= 4 is 17.6 Å². The van der Waals surface area contributed by atoms with E-state index in [2.05, 4.69) is 0 Å². The van der Waals surface area contributed by atoms with Crippen molar-refractivity contribution in [2.24, 2.45) is 0 Å². The van der Waals surface area contributed by atoms with E-state index in [0.717, 1.165) is 16.8 Å². The van der Waals surface area contributed by atoms with E-state index in [-0.39, 0.29) is 24.4 Å². The zero-order valence-corrected chi connectivity index (χ0v) is 18.4. The van der Waals surface area contributed by atoms with E-state index in [4.69, 9.17) is 4.74 Å². The van der Waals surface area contributed by atoms with Gasteiger partial charge in [-0.05, 0) is 30.2 Å². The maximum absolute atomic E-state index is 13.1. The Balaban J connectivity index is 1.94. The van der Waals surface area contributed by atoms with Crippen LogP contribution in [0.4, 0.5) is 5.69 Å². The Kier molecular flexibility index (Phi) is 6.74. The molecule has 4 rings (SSSR count). The molecule has 3 aromatic carbocycles. The predicted octanol–water partition coefficient (Wildman–Crippen LogP) is 4.61. The van der Waals surface area contributed by atoms with Crippen molar-refractivity contribution in [3.63, 3.8) is 0 Å². The van der Waals surface area contributed by atoms with Crippen LogP contribution in [0.15, 0.2) is 102 Å². The number of hydrogen-bond acceptors (Lipinski definition) is 5. The molecule has 0 amide bonds. The smallest absolute Gasteiger partial charge is 0.355 e. The molecule has 0 saturated heterocycles. The van der Waals surface area contributed by atoms with Crippen LogP contribution >= 0.6 is 0 Å². The van der Waals surface area contributed by atoms with E-state index in [9.17, 15) is 14.7 Å². The van der Waals surface area contributed by atoms with E-state index in [0.29, 0.717) is 6.54 Å². The molecule has 1 aliphatic rings. The Hall–Kier alpha value is -4.06. The van der Waals surface area contributed by atoms with Gasteiger partial charge in [-0.2, -0.15) is 0 Å². The van der Waals surface area contributed by atoms with Gasteiger partial charge in [-0.25, -0.2) is 9.59 Å². The summed E-state index contributed by atoms with van der Waals surface area (Å²) < 4.78 is 5.33. The molecule has 0 spiro atoms. The van der Waals surface area contributed by atoms with Crippen LogP contribution in [0.3, 0.4) is 0 Å². The zero-order chi connectivity index (χ0) is 23.2. The van der Waals surface area contributed by atoms with Crippen molar-refractivity contribution in [1.82, 2.24) is 4.90 Å². The third kappa shape index (κ3) is 4.75. The summed E-state index contributed by atoms with van der Waals surface area (Å²) in [6.45, 7) is 2.29. The van der Waals surface area contributed by atoms with Gasteiger partial charge >= 0.3 is 11.9 Å². The van der Waals surface area contributed by atoms with Gasteiger partial charge in [0.2, 0.25) is 0 Å². The summed E-state index contributed by atoms with van der Waals surface area (Å²) in [5.41, 5.74) is 2.88. The van der Waals surface area contributed by atoms with Gasteiger partial charge in [-0.3, -0.25) is 0 Å². The minimum atomic E-state index is -1.14. The first-order valence-corrected chi connectivity index (χ1v) is 10.9. The number of carbonyl (C=O) groups is 2. The number of carboxylic acids is 1. The molecule has 1 aliphatic heterocycles. The van der Waals surface area contributed by atoms with Crippen molar-refractivity contribution < 1.29 is 19.4 Å². The molecule has 6 heteroatoms. The summed E-state index contributed by atoms with van der Waals surface area (Å²) in [5.74, 6) is -1.76. The highest BCUT2D eigenvalue weighted by atomic mass is 16.5. The lowest BCUT2D eigenvalue weighted by Crippen LogP contribution is -2.49. The van der Waals surface area contributed by atoms with Gasteiger partial charge in [0.25, 0.3) is 0 Å². The van der Waals surface area contributed by atoms with Crippen molar-refractivity contribution in [2.75, 3.05) is 18.1 Å². The molecule has 1 N–H and O–H groups in total. The third-order valence-electron chi connectivity index (χ3n) is 5.60. The monoisotopic (exact) mass is 442 g/mol. The molecule has 6 nitrogen and oxygen atoms in total. The summed E-state index contributed by atoms with van der Waals surface area (Å²) in [4.78, 5) is 29.4. The standard InChI is InChI=1S/C27H26N2O4/c1-2-33-27(32)24-23(26(30)31)19-28(22-16-10-5-11-17-22)25(21-14-8-4-9-15-21)29(24)18-20-12-6-3-7-13-20/h3-17,25H,2,18-19H2,1H3,(H,30,31). The van der Waals surface area contributed by atoms with E-state index >= 15 is 0 Å². The maximum atomic E-state index is 13.1. The summed E-state index contributed by atoms with van der Waals surface area (Å²) >= 11 is 0. The Morgan fingerprint density at radius 2 is 1.48 bits per heavy atom. The van der Waals surface area contributed by atoms with Crippen molar-refractivity contribution in [2.45, 2.75) is 19.6 Å². The summed E-state index contributed by atoms with van der Waals surface area (Å²) in [7, 11) is 0. The highest BCUT2D eigenvalue weighted by Gasteiger charge is 2.41. The number of para-hydroxylation sites is 1. The minimum absolute atomic E-state index is 0.0143. The highest BCUT2D eigenvalue weighted by molar-refractivity contribution is 6.00. The molecule has 1 atom stereocenters. The second-order valence-corrected chi connectivity index (χ2v) is 7.71. The lowest BCUT2D eigenvalue weighted by Gasteiger charge is -2.47. The van der Waals surface area contributed by atoms with E-state index in [1.807, 2.05) is 101 Å². The molecule has 0 radical (unpaired) electrons. The lowest BCUT2D eigenvalue weighted by atomic mass is 9.99. The summed E-state index contributed by atoms with van der Waals surface area (Å²) in [6, 6.07) is 29.2. The van der Waals surface area contributed by atoms with Gasteiger partial charge in [-0.1, -0.05) is 78.9 Å². The molecule has 3 aromatic rings. The largest absolute Gasteiger partial charge is 0.478 e. The highest BCUT2D eigenvalue weighted by Crippen LogP contribution is 2.39. The lowest BCUT2D eigenvalue weighted by molar-refractivity contribution is -0.142. The number of carboxylic acid groups (broad SMARTS) is 1. The summed E-state index contributed by atoms with van der Waals surface area (Å²) in [6.07, 6.45) is -0.406. The number of benzene rings is 3. The van der Waals surface area contributed by atoms with Gasteiger partial charge in [0.05, 0.1) is 18.7 Å². The zero-order valence-electron chi connectivity index (χ0n) is 18.4. The number of esters is 1. The van der Waals surface area contributed by atoms with Gasteiger partial charge < -0.3 is 19.6 Å². The van der Waals surface area contributed by atoms with E-state index < -0.39 is 18.1 Å². The van der Waals surface area contributed by atoms with Crippen LogP contribution in [0.25, 0.3) is 0 Å². The van der Waals surface area contributed by atoms with Crippen LogP contribution in [0.5, 0.6) is 0 Å². The fourth-order valence-corrected chi connectivity index (χ4v) is 4.19. The molecule has 1 heterocycles. The Labute approximate surface area is 193 Å². The molecule has 0 fully saturated rings. The first-order valence-electron chi connectivity index (χ1n) is 10.9. The minimum Gasteiger partial charge on any atom is -0.478 e. The molecular weight excluding hydrogens is 416 g/mol. The van der Waals surface area contributed by atoms with Gasteiger partial charge in [-0.15, -0.1) is 0 Å². The first kappa shape index (κ1) is 22.1. The topological polar surface area (TPSA) is 70.1 Å². The molecule has 0 saturated carbocycles. The molecule has 33 heavy (non-hydrogen) atoms. The average Bonchev–Trinajstić information content (AvgIpc) is 2.85. The molecule has 0 bridgehead atoms. The van der Waals surface area contributed by atoms with Crippen LogP contribution in [0.2, 0.25) is 0 Å². The van der Waals surface area contributed by atoms with Crippen LogP contribution in [0.1, 0.15) is 24.2 Å². The average molecular weight is 443 g/mol. The number of carbonyl (C=O) groups excluding carboxylic acids is 1. The number of ether oxygens (including phenoxy) is 1. The quantitative estimate of drug-likeness (QED) is 0.539. The maximum Gasteiger partial charge on any atom is 0.355 e. The normalized spacial score (nSPS) is 16.0. The Morgan fingerprint density at radius 1 is 0.909 bits per heavy atom. The summed E-state index contributed by atoms with van der Waals surface area (Å²) in [5, 5.41) is 10.1. The van der Waals surface area contributed by atoms with Gasteiger partial charge in [0, 0.05) is 12.2 Å². The predicted molar refractivity (Wildman–Crippen MR) is 126 cm³/mol. The van der Waals surface area contributed by atoms with Gasteiger partial charge in [0.15, 0.2) is 0 Å². The fourth-order valence-electron chi connectivity index (χ4n) is 4.19. The van der Waals surface area contributed by atoms with Crippen LogP contribution in [-0.2, 0) is 20.9 Å². The number of anilines is 1. The van der Waals surface area contributed by atoms with Crippen molar-refractivity contribution in [3.8, 4) is 0 Å². The molecule has 0 aliphatic carbocycles. The number of rotatable bonds is 7. The molecule has 0 aromatic heterocycles. The third-order valence-corrected chi connectivity index (χ3v) is 5.60. The van der Waals surface area contributed by atoms with Gasteiger partial charge in [0.1, 0.15) is 11.9 Å². The van der Waals surface area contributed by atoms with E-state index in [1.165, 1.54) is 0 Å². The fraction of sp³-hybridized carbons (Fsp3) is 0.185. The van der Waals surface area contributed by atoms with Crippen molar-refractivity contribution in [1.29, 1.82) is 0 Å². The van der Waals surface area contributed by atoms with Crippen LogP contribution in [0, 0.1) is 0 Å². The first-order chi connectivity index (χ1) is 16.1. The second kappa shape index (κ2) is 10.0. The second-order valence-electron chi connectivity index (χ2n) is 7.71. The van der Waals surface area contributed by atoms with Crippen LogP contribution in [-0.4, -0.2) is 35.1 Å². The number of aliphatic carboxylic acids is 1. The van der Waals surface area contributed by atoms with E-state index in [1.54, 1.807) is 6.92 Å².